The molecule has 7 nitrogen and oxygen atoms in total. The Kier molecular flexibility index (Phi) is 8.03. The quantitative estimate of drug-likeness (QED) is 0.750. The molecular formula is C15H30N2O5S. The van der Waals surface area contributed by atoms with Gasteiger partial charge < -0.3 is 15.0 Å². The highest BCUT2D eigenvalue weighted by Crippen LogP contribution is 2.10. The molecule has 0 aliphatic rings. The first kappa shape index (κ1) is 21.7. The second kappa shape index (κ2) is 8.52. The van der Waals surface area contributed by atoms with Gasteiger partial charge in [0.2, 0.25) is 5.91 Å². The molecule has 0 spiro atoms. The summed E-state index contributed by atoms with van der Waals surface area (Å²) >= 11 is 0. The van der Waals surface area contributed by atoms with Gasteiger partial charge in [-0.15, -0.1) is 0 Å². The lowest BCUT2D eigenvalue weighted by Crippen LogP contribution is -2.44. The molecule has 0 heterocycles. The van der Waals surface area contributed by atoms with Crippen molar-refractivity contribution in [3.05, 3.63) is 0 Å². The summed E-state index contributed by atoms with van der Waals surface area (Å²) in [7, 11) is -1.59. The number of hydrogen-bond acceptors (Lipinski definition) is 5. The second-order valence-electron chi connectivity index (χ2n) is 6.87. The van der Waals surface area contributed by atoms with Gasteiger partial charge in [0.15, 0.2) is 9.84 Å². The van der Waals surface area contributed by atoms with E-state index in [1.54, 1.807) is 48.6 Å². The largest absolute Gasteiger partial charge is 0.444 e. The van der Waals surface area contributed by atoms with Crippen LogP contribution in [-0.4, -0.2) is 62.1 Å². The Morgan fingerprint density at radius 3 is 2.17 bits per heavy atom. The van der Waals surface area contributed by atoms with Crippen LogP contribution in [0, 0.1) is 5.92 Å². The van der Waals surface area contributed by atoms with E-state index >= 15 is 0 Å². The van der Waals surface area contributed by atoms with Crippen LogP contribution in [0.15, 0.2) is 0 Å². The molecule has 0 saturated carbocycles. The zero-order chi connectivity index (χ0) is 18.4. The number of nitrogens with one attached hydrogen (secondary N) is 1. The summed E-state index contributed by atoms with van der Waals surface area (Å²) in [5.41, 5.74) is -0.597. The van der Waals surface area contributed by atoms with Gasteiger partial charge in [-0.05, 0) is 27.7 Å². The lowest BCUT2D eigenvalue weighted by atomic mass is 10.1. The van der Waals surface area contributed by atoms with E-state index in [4.69, 9.17) is 4.74 Å². The van der Waals surface area contributed by atoms with Crippen molar-refractivity contribution in [3.8, 4) is 0 Å². The van der Waals surface area contributed by atoms with E-state index in [0.29, 0.717) is 0 Å². The van der Waals surface area contributed by atoms with E-state index in [-0.39, 0.29) is 24.0 Å². The third kappa shape index (κ3) is 9.43. The molecule has 0 bridgehead atoms. The van der Waals surface area contributed by atoms with Gasteiger partial charge >= 0.3 is 6.09 Å². The molecule has 0 saturated heterocycles. The minimum Gasteiger partial charge on any atom is -0.444 e. The van der Waals surface area contributed by atoms with Crippen LogP contribution < -0.4 is 5.32 Å². The summed E-state index contributed by atoms with van der Waals surface area (Å²) in [6.45, 7) is 10.4. The van der Waals surface area contributed by atoms with Crippen molar-refractivity contribution in [2.75, 3.05) is 25.1 Å². The molecule has 0 rings (SSSR count). The number of nitrogens with zero attached hydrogens (tertiary/aromatic N) is 1. The fraction of sp³-hybridized carbons (Fsp3) is 0.867. The monoisotopic (exact) mass is 350 g/mol. The third-order valence-corrected chi connectivity index (χ3v) is 4.92. The SMILES string of the molecule is CCS(=O)(=O)C[C@@H](C)NC(=O)[C@H](C)CN(C)C(=O)OC(C)(C)C. The summed E-state index contributed by atoms with van der Waals surface area (Å²) < 4.78 is 28.3. The van der Waals surface area contributed by atoms with Crippen molar-refractivity contribution in [2.45, 2.75) is 53.2 Å². The van der Waals surface area contributed by atoms with Crippen LogP contribution >= 0.6 is 0 Å². The number of carbonyl (C=O) groups excluding carboxylic acids is 2. The topological polar surface area (TPSA) is 92.8 Å². The molecule has 0 aliphatic heterocycles. The first-order chi connectivity index (χ1) is 10.3. The van der Waals surface area contributed by atoms with E-state index in [9.17, 15) is 18.0 Å². The van der Waals surface area contributed by atoms with Crippen molar-refractivity contribution in [2.24, 2.45) is 5.92 Å². The summed E-state index contributed by atoms with van der Waals surface area (Å²) in [5, 5.41) is 2.67. The predicted octanol–water partition coefficient (Wildman–Crippen LogP) is 1.43. The zero-order valence-electron chi connectivity index (χ0n) is 15.2. The van der Waals surface area contributed by atoms with E-state index in [0.717, 1.165) is 0 Å². The third-order valence-electron chi connectivity index (χ3n) is 3.03. The highest BCUT2D eigenvalue weighted by Gasteiger charge is 2.24. The Hall–Kier alpha value is -1.31. The zero-order valence-corrected chi connectivity index (χ0v) is 16.0. The van der Waals surface area contributed by atoms with Crippen molar-refractivity contribution in [1.82, 2.24) is 10.2 Å². The first-order valence-corrected chi connectivity index (χ1v) is 9.54. The van der Waals surface area contributed by atoms with Crippen LogP contribution in [0.25, 0.3) is 0 Å². The molecule has 0 fully saturated rings. The number of amides is 2. The van der Waals surface area contributed by atoms with Gasteiger partial charge in [0.25, 0.3) is 0 Å². The second-order valence-corrected chi connectivity index (χ2v) is 9.27. The molecule has 0 aromatic carbocycles. The molecule has 23 heavy (non-hydrogen) atoms. The highest BCUT2D eigenvalue weighted by atomic mass is 32.2. The summed E-state index contributed by atoms with van der Waals surface area (Å²) in [6.07, 6.45) is -0.501. The van der Waals surface area contributed by atoms with Crippen molar-refractivity contribution >= 4 is 21.8 Å². The van der Waals surface area contributed by atoms with Gasteiger partial charge in [0, 0.05) is 25.4 Å². The smallest absolute Gasteiger partial charge is 0.410 e. The van der Waals surface area contributed by atoms with E-state index < -0.39 is 33.5 Å². The van der Waals surface area contributed by atoms with Gasteiger partial charge in [0.1, 0.15) is 5.60 Å². The standard InChI is InChI=1S/C15H30N2O5S/c1-8-23(20,21)10-12(3)16-13(18)11(2)9-17(7)14(19)22-15(4,5)6/h11-12H,8-10H2,1-7H3,(H,16,18)/t11-,12-/m1/s1. The molecule has 0 unspecified atom stereocenters. The molecule has 0 aromatic rings. The molecule has 8 heteroatoms. The number of ether oxygens (including phenoxy) is 1. The van der Waals surface area contributed by atoms with Gasteiger partial charge in [-0.3, -0.25) is 4.79 Å². The number of rotatable bonds is 7. The van der Waals surface area contributed by atoms with Crippen molar-refractivity contribution in [3.63, 3.8) is 0 Å². The summed E-state index contributed by atoms with van der Waals surface area (Å²) in [4.78, 5) is 25.3. The number of sulfone groups is 1. The van der Waals surface area contributed by atoms with Crippen LogP contribution in [0.2, 0.25) is 0 Å². The maximum Gasteiger partial charge on any atom is 0.410 e. The fourth-order valence-electron chi connectivity index (χ4n) is 1.83. The number of carbonyl (C=O) groups is 2. The highest BCUT2D eigenvalue weighted by molar-refractivity contribution is 7.91. The normalized spacial score (nSPS) is 14.7. The molecular weight excluding hydrogens is 320 g/mol. The van der Waals surface area contributed by atoms with Gasteiger partial charge in [-0.25, -0.2) is 13.2 Å². The molecule has 136 valence electrons. The van der Waals surface area contributed by atoms with Crippen LogP contribution in [0.3, 0.4) is 0 Å². The molecule has 0 radical (unpaired) electrons. The van der Waals surface area contributed by atoms with Crippen molar-refractivity contribution < 1.29 is 22.7 Å². The Bertz CT molecular complexity index is 510. The minimum absolute atomic E-state index is 0.0458. The first-order valence-electron chi connectivity index (χ1n) is 7.72. The van der Waals surface area contributed by atoms with Gasteiger partial charge in [0.05, 0.1) is 11.7 Å². The Morgan fingerprint density at radius 2 is 1.74 bits per heavy atom. The van der Waals surface area contributed by atoms with Crippen LogP contribution in [-0.2, 0) is 19.4 Å². The Balaban J connectivity index is 4.48. The van der Waals surface area contributed by atoms with Crippen LogP contribution in [0.4, 0.5) is 4.79 Å². The summed E-state index contributed by atoms with van der Waals surface area (Å²) in [6, 6.07) is -0.471. The number of hydrogen-bond donors (Lipinski definition) is 1. The maximum atomic E-state index is 12.1. The molecule has 2 atom stereocenters. The predicted molar refractivity (Wildman–Crippen MR) is 90.0 cm³/mol. The van der Waals surface area contributed by atoms with E-state index in [1.807, 2.05) is 0 Å². The average molecular weight is 350 g/mol. The Morgan fingerprint density at radius 1 is 1.22 bits per heavy atom. The van der Waals surface area contributed by atoms with E-state index in [1.165, 1.54) is 4.90 Å². The van der Waals surface area contributed by atoms with Crippen LogP contribution in [0.1, 0.15) is 41.5 Å². The fourth-order valence-corrected chi connectivity index (χ4v) is 2.91. The molecule has 1 N–H and O–H groups in total. The molecule has 0 aromatic heterocycles. The van der Waals surface area contributed by atoms with Gasteiger partial charge in [-0.2, -0.15) is 0 Å². The minimum atomic E-state index is -3.15. The molecule has 2 amide bonds. The lowest BCUT2D eigenvalue weighted by molar-refractivity contribution is -0.125. The average Bonchev–Trinajstić information content (AvgIpc) is 2.35. The van der Waals surface area contributed by atoms with Crippen LogP contribution in [0.5, 0.6) is 0 Å². The Labute approximate surface area is 139 Å². The van der Waals surface area contributed by atoms with Crippen molar-refractivity contribution in [1.29, 1.82) is 0 Å². The van der Waals surface area contributed by atoms with E-state index in [2.05, 4.69) is 5.32 Å². The summed E-state index contributed by atoms with van der Waals surface area (Å²) in [5.74, 6) is -0.813. The lowest BCUT2D eigenvalue weighted by Gasteiger charge is -2.26. The maximum absolute atomic E-state index is 12.1. The van der Waals surface area contributed by atoms with Gasteiger partial charge in [-0.1, -0.05) is 13.8 Å². The molecule has 0 aliphatic carbocycles.